The highest BCUT2D eigenvalue weighted by Gasteiger charge is 2.35. The summed E-state index contributed by atoms with van der Waals surface area (Å²) < 4.78 is 6.51. The second kappa shape index (κ2) is 5.25. The van der Waals surface area contributed by atoms with Crippen LogP contribution in [0.2, 0.25) is 0 Å². The molecule has 1 aliphatic heterocycles. The monoisotopic (exact) mass is 388 g/mol. The van der Waals surface area contributed by atoms with E-state index in [0.717, 1.165) is 33.6 Å². The lowest BCUT2D eigenvalue weighted by Gasteiger charge is -2.34. The van der Waals surface area contributed by atoms with E-state index in [-0.39, 0.29) is 5.41 Å². The van der Waals surface area contributed by atoms with Gasteiger partial charge in [-0.25, -0.2) is 0 Å². The van der Waals surface area contributed by atoms with Gasteiger partial charge in [-0.05, 0) is 30.3 Å². The molecule has 144 valence electrons. The van der Waals surface area contributed by atoms with Gasteiger partial charge in [-0.2, -0.15) is 0 Å². The highest BCUT2D eigenvalue weighted by Crippen LogP contribution is 2.51. The first-order valence-electron chi connectivity index (χ1n) is 10.4. The third kappa shape index (κ3) is 1.94. The Morgan fingerprint density at radius 1 is 0.567 bits per heavy atom. The Hall–Kier alpha value is -3.72. The van der Waals surface area contributed by atoms with Crippen LogP contribution in [0.4, 0.5) is 0 Å². The first-order valence-corrected chi connectivity index (χ1v) is 10.4. The van der Waals surface area contributed by atoms with Crippen molar-refractivity contribution in [2.24, 2.45) is 0 Å². The fourth-order valence-electron chi connectivity index (χ4n) is 5.17. The summed E-state index contributed by atoms with van der Waals surface area (Å²) in [5, 5.41) is 4.93. The van der Waals surface area contributed by atoms with Crippen LogP contribution < -0.4 is 4.74 Å². The number of nitrogens with one attached hydrogen (secondary N) is 2. The molecule has 30 heavy (non-hydrogen) atoms. The van der Waals surface area contributed by atoms with Gasteiger partial charge >= 0.3 is 0 Å². The van der Waals surface area contributed by atoms with Crippen molar-refractivity contribution in [3.63, 3.8) is 0 Å². The average Bonchev–Trinajstić information content (AvgIpc) is 3.29. The standard InChI is InChI=1S/C27H20N2O/c1-27(2)19-11-17-15-7-3-5-9-21(15)29-24(17)14-26(19)30-25-12-18-16-8-4-6-10-22(16)28-23(18)13-20(25)27/h3-14,28-29H,1-2H3. The molecule has 6 aromatic rings. The topological polar surface area (TPSA) is 40.8 Å². The Labute approximate surface area is 173 Å². The number of aromatic amines is 2. The van der Waals surface area contributed by atoms with E-state index in [4.69, 9.17) is 4.74 Å². The normalized spacial score (nSPS) is 14.9. The summed E-state index contributed by atoms with van der Waals surface area (Å²) in [6, 6.07) is 25.9. The zero-order chi connectivity index (χ0) is 20.0. The minimum Gasteiger partial charge on any atom is -0.457 e. The van der Waals surface area contributed by atoms with Gasteiger partial charge in [0.2, 0.25) is 0 Å². The molecule has 1 aliphatic rings. The Bertz CT molecular complexity index is 1640. The maximum absolute atomic E-state index is 6.51. The van der Waals surface area contributed by atoms with Crippen molar-refractivity contribution in [2.45, 2.75) is 19.3 Å². The van der Waals surface area contributed by atoms with Gasteiger partial charge < -0.3 is 14.7 Å². The lowest BCUT2D eigenvalue weighted by Crippen LogP contribution is -2.24. The summed E-state index contributed by atoms with van der Waals surface area (Å²) in [6.45, 7) is 4.59. The van der Waals surface area contributed by atoms with Crippen molar-refractivity contribution in [3.8, 4) is 11.5 Å². The maximum Gasteiger partial charge on any atom is 0.133 e. The maximum atomic E-state index is 6.51. The van der Waals surface area contributed by atoms with Gasteiger partial charge in [0.1, 0.15) is 11.5 Å². The van der Waals surface area contributed by atoms with E-state index < -0.39 is 0 Å². The molecule has 0 spiro atoms. The summed E-state index contributed by atoms with van der Waals surface area (Å²) in [7, 11) is 0. The van der Waals surface area contributed by atoms with Crippen LogP contribution in [0.3, 0.4) is 0 Å². The predicted octanol–water partition coefficient (Wildman–Crippen LogP) is 7.39. The number of aromatic nitrogens is 2. The van der Waals surface area contributed by atoms with Gasteiger partial charge in [0.05, 0.1) is 5.52 Å². The van der Waals surface area contributed by atoms with E-state index in [9.17, 15) is 0 Å². The summed E-state index contributed by atoms with van der Waals surface area (Å²) >= 11 is 0. The molecule has 0 radical (unpaired) electrons. The van der Waals surface area contributed by atoms with Crippen LogP contribution in [0.25, 0.3) is 43.6 Å². The third-order valence-electron chi connectivity index (χ3n) is 6.78. The van der Waals surface area contributed by atoms with Gasteiger partial charge in [-0.3, -0.25) is 0 Å². The number of ether oxygens (including phenoxy) is 1. The Morgan fingerprint density at radius 3 is 1.80 bits per heavy atom. The molecule has 0 amide bonds. The molecular weight excluding hydrogens is 368 g/mol. The van der Waals surface area contributed by atoms with E-state index in [1.54, 1.807) is 0 Å². The number of fused-ring (bicyclic) bond motifs is 8. The second-order valence-electron chi connectivity index (χ2n) is 8.86. The molecule has 0 unspecified atom stereocenters. The van der Waals surface area contributed by atoms with E-state index in [1.165, 1.54) is 32.7 Å². The lowest BCUT2D eigenvalue weighted by atomic mass is 9.75. The first kappa shape index (κ1) is 16.1. The van der Waals surface area contributed by atoms with Gasteiger partial charge in [0.25, 0.3) is 0 Å². The summed E-state index contributed by atoms with van der Waals surface area (Å²) in [5.41, 5.74) is 6.86. The van der Waals surface area contributed by atoms with E-state index >= 15 is 0 Å². The molecule has 3 heterocycles. The number of benzene rings is 4. The average molecular weight is 388 g/mol. The van der Waals surface area contributed by atoms with Crippen molar-refractivity contribution < 1.29 is 4.74 Å². The number of hydrogen-bond acceptors (Lipinski definition) is 1. The summed E-state index contributed by atoms with van der Waals surface area (Å²) in [6.07, 6.45) is 0. The molecule has 0 bridgehead atoms. The minimum absolute atomic E-state index is 0.166. The highest BCUT2D eigenvalue weighted by atomic mass is 16.5. The lowest BCUT2D eigenvalue weighted by molar-refractivity contribution is 0.420. The van der Waals surface area contributed by atoms with Crippen LogP contribution in [0, 0.1) is 0 Å². The molecule has 3 heteroatoms. The quantitative estimate of drug-likeness (QED) is 0.280. The molecule has 7 rings (SSSR count). The van der Waals surface area contributed by atoms with Crippen molar-refractivity contribution in [1.82, 2.24) is 9.97 Å². The largest absolute Gasteiger partial charge is 0.457 e. The molecule has 0 saturated carbocycles. The van der Waals surface area contributed by atoms with Crippen molar-refractivity contribution in [2.75, 3.05) is 0 Å². The van der Waals surface area contributed by atoms with E-state index in [2.05, 4.69) is 96.6 Å². The number of H-pyrrole nitrogens is 2. The molecule has 2 N–H and O–H groups in total. The zero-order valence-corrected chi connectivity index (χ0v) is 16.8. The van der Waals surface area contributed by atoms with Crippen LogP contribution in [-0.4, -0.2) is 9.97 Å². The van der Waals surface area contributed by atoms with E-state index in [0.29, 0.717) is 0 Å². The fourth-order valence-corrected chi connectivity index (χ4v) is 5.17. The van der Waals surface area contributed by atoms with Crippen molar-refractivity contribution in [1.29, 1.82) is 0 Å². The van der Waals surface area contributed by atoms with Crippen LogP contribution in [0.5, 0.6) is 11.5 Å². The molecule has 0 aliphatic carbocycles. The SMILES string of the molecule is CC1(C)c2cc3[nH]c4ccccc4c3cc2Oc2cc3[nH]c4ccccc4c3cc21. The molecule has 3 nitrogen and oxygen atoms in total. The smallest absolute Gasteiger partial charge is 0.133 e. The van der Waals surface area contributed by atoms with Crippen LogP contribution >= 0.6 is 0 Å². The Kier molecular flexibility index (Phi) is 2.82. The Balaban J connectivity index is 1.53. The third-order valence-corrected chi connectivity index (χ3v) is 6.78. The number of hydrogen-bond donors (Lipinski definition) is 2. The first-order chi connectivity index (χ1) is 14.6. The summed E-state index contributed by atoms with van der Waals surface area (Å²) in [5.74, 6) is 1.88. The van der Waals surface area contributed by atoms with Gasteiger partial charge in [0.15, 0.2) is 0 Å². The number of rotatable bonds is 0. The van der Waals surface area contributed by atoms with Crippen LogP contribution in [0.15, 0.2) is 72.8 Å². The molecule has 4 aromatic carbocycles. The number of para-hydroxylation sites is 2. The van der Waals surface area contributed by atoms with Gasteiger partial charge in [0, 0.05) is 60.7 Å². The van der Waals surface area contributed by atoms with Gasteiger partial charge in [-0.15, -0.1) is 0 Å². The molecule has 2 aromatic heterocycles. The minimum atomic E-state index is -0.166. The van der Waals surface area contributed by atoms with Crippen molar-refractivity contribution >= 4 is 43.6 Å². The Morgan fingerprint density at radius 2 is 1.10 bits per heavy atom. The second-order valence-corrected chi connectivity index (χ2v) is 8.86. The van der Waals surface area contributed by atoms with Gasteiger partial charge in [-0.1, -0.05) is 50.2 Å². The summed E-state index contributed by atoms with van der Waals surface area (Å²) in [4.78, 5) is 7.12. The molecule has 0 atom stereocenters. The fraction of sp³-hybridized carbons (Fsp3) is 0.111. The molecule has 0 saturated heterocycles. The van der Waals surface area contributed by atoms with Crippen molar-refractivity contribution in [3.05, 3.63) is 83.9 Å². The van der Waals surface area contributed by atoms with Crippen LogP contribution in [-0.2, 0) is 5.41 Å². The predicted molar refractivity (Wildman–Crippen MR) is 124 cm³/mol. The molecule has 0 fully saturated rings. The zero-order valence-electron chi connectivity index (χ0n) is 16.8. The highest BCUT2D eigenvalue weighted by molar-refractivity contribution is 6.09. The molecular formula is C27H20N2O. The van der Waals surface area contributed by atoms with E-state index in [1.807, 2.05) is 0 Å². The van der Waals surface area contributed by atoms with Crippen LogP contribution in [0.1, 0.15) is 25.0 Å².